The molecule has 2 rings (SSSR count). The van der Waals surface area contributed by atoms with Crippen molar-refractivity contribution in [2.24, 2.45) is 0 Å². The van der Waals surface area contributed by atoms with E-state index in [1.165, 1.54) is 12.3 Å². The summed E-state index contributed by atoms with van der Waals surface area (Å²) in [5.41, 5.74) is 1.57. The molecule has 0 spiro atoms. The number of nitrogens with one attached hydrogen (secondary N) is 1. The topological polar surface area (TPSA) is 88.2 Å². The first-order chi connectivity index (χ1) is 8.16. The van der Waals surface area contributed by atoms with E-state index in [0.717, 1.165) is 5.69 Å². The lowest BCUT2D eigenvalue weighted by molar-refractivity contribution is 0.0697. The number of carboxylic acids is 1. The molecule has 0 unspecified atom stereocenters. The van der Waals surface area contributed by atoms with Crippen LogP contribution in [0.1, 0.15) is 21.7 Å². The van der Waals surface area contributed by atoms with Crippen LogP contribution in [0.25, 0.3) is 0 Å². The van der Waals surface area contributed by atoms with Crippen LogP contribution in [0.15, 0.2) is 29.0 Å². The second kappa shape index (κ2) is 4.65. The number of hydrogen-bond donors (Lipinski definition) is 2. The Kier molecular flexibility index (Phi) is 3.04. The average molecular weight is 233 g/mol. The number of aryl methyl sites for hydroxylation is 1. The van der Waals surface area contributed by atoms with Gasteiger partial charge in [0.25, 0.3) is 0 Å². The van der Waals surface area contributed by atoms with Crippen LogP contribution in [0.5, 0.6) is 0 Å². The van der Waals surface area contributed by atoms with Crippen LogP contribution in [0.2, 0.25) is 0 Å². The van der Waals surface area contributed by atoms with E-state index in [2.05, 4.69) is 20.0 Å². The van der Waals surface area contributed by atoms with Crippen molar-refractivity contribution in [3.63, 3.8) is 0 Å². The van der Waals surface area contributed by atoms with E-state index in [0.29, 0.717) is 18.1 Å². The normalized spacial score (nSPS) is 10.2. The minimum absolute atomic E-state index is 0.138. The van der Waals surface area contributed by atoms with Crippen molar-refractivity contribution in [1.29, 1.82) is 0 Å². The van der Waals surface area contributed by atoms with Crippen LogP contribution in [0.3, 0.4) is 0 Å². The number of rotatable bonds is 4. The highest BCUT2D eigenvalue weighted by Gasteiger charge is 2.11. The molecular weight excluding hydrogens is 222 g/mol. The lowest BCUT2D eigenvalue weighted by atomic mass is 10.2. The molecule has 17 heavy (non-hydrogen) atoms. The number of aromatic nitrogens is 2. The Hall–Kier alpha value is -2.37. The third-order valence-corrected chi connectivity index (χ3v) is 2.19. The molecule has 6 nitrogen and oxygen atoms in total. The van der Waals surface area contributed by atoms with Crippen molar-refractivity contribution in [2.45, 2.75) is 13.5 Å². The summed E-state index contributed by atoms with van der Waals surface area (Å²) in [6, 6.07) is 4.88. The lowest BCUT2D eigenvalue weighted by Crippen LogP contribution is -2.09. The third kappa shape index (κ3) is 2.60. The number of nitrogens with zero attached hydrogens (tertiary/aromatic N) is 2. The first-order valence-corrected chi connectivity index (χ1v) is 5.01. The van der Waals surface area contributed by atoms with Crippen LogP contribution in [-0.2, 0) is 6.54 Å². The number of carboxylic acid groups (broad SMARTS) is 1. The molecule has 0 radical (unpaired) electrons. The van der Waals surface area contributed by atoms with Gasteiger partial charge in [0.05, 0.1) is 6.54 Å². The third-order valence-electron chi connectivity index (χ3n) is 2.19. The van der Waals surface area contributed by atoms with Crippen molar-refractivity contribution in [3.05, 3.63) is 41.4 Å². The predicted molar refractivity (Wildman–Crippen MR) is 59.8 cm³/mol. The molecule has 0 saturated heterocycles. The van der Waals surface area contributed by atoms with Gasteiger partial charge in [0.1, 0.15) is 23.3 Å². The highest BCUT2D eigenvalue weighted by molar-refractivity contribution is 5.93. The Bertz CT molecular complexity index is 523. The predicted octanol–water partition coefficient (Wildman–Crippen LogP) is 1.69. The van der Waals surface area contributed by atoms with Crippen LogP contribution >= 0.6 is 0 Å². The maximum atomic E-state index is 11.0. The summed E-state index contributed by atoms with van der Waals surface area (Å²) < 4.78 is 4.68. The minimum atomic E-state index is -1.01. The largest absolute Gasteiger partial charge is 0.478 e. The molecule has 0 atom stereocenters. The molecule has 6 heteroatoms. The van der Waals surface area contributed by atoms with Crippen molar-refractivity contribution in [3.8, 4) is 0 Å². The van der Waals surface area contributed by atoms with Gasteiger partial charge >= 0.3 is 5.97 Å². The van der Waals surface area contributed by atoms with Crippen LogP contribution in [-0.4, -0.2) is 21.2 Å². The molecule has 2 aromatic rings. The summed E-state index contributed by atoms with van der Waals surface area (Å²) in [5.74, 6) is -0.680. The van der Waals surface area contributed by atoms with Crippen LogP contribution in [0.4, 0.5) is 5.82 Å². The van der Waals surface area contributed by atoms with Crippen molar-refractivity contribution >= 4 is 11.8 Å². The number of anilines is 1. The van der Waals surface area contributed by atoms with E-state index < -0.39 is 5.97 Å². The van der Waals surface area contributed by atoms with Crippen molar-refractivity contribution in [1.82, 2.24) is 10.1 Å². The van der Waals surface area contributed by atoms with E-state index in [9.17, 15) is 4.79 Å². The summed E-state index contributed by atoms with van der Waals surface area (Å²) in [4.78, 5) is 15.1. The molecule has 0 aliphatic carbocycles. The van der Waals surface area contributed by atoms with Gasteiger partial charge < -0.3 is 14.9 Å². The van der Waals surface area contributed by atoms with Gasteiger partial charge in [-0.25, -0.2) is 9.78 Å². The maximum absolute atomic E-state index is 11.0. The highest BCUT2D eigenvalue weighted by atomic mass is 16.5. The van der Waals surface area contributed by atoms with E-state index in [-0.39, 0.29) is 5.56 Å². The molecule has 0 fully saturated rings. The smallest absolute Gasteiger partial charge is 0.339 e. The first-order valence-electron chi connectivity index (χ1n) is 5.01. The van der Waals surface area contributed by atoms with Gasteiger partial charge in [0.15, 0.2) is 0 Å². The van der Waals surface area contributed by atoms with Crippen LogP contribution in [0, 0.1) is 6.92 Å². The zero-order valence-corrected chi connectivity index (χ0v) is 9.17. The molecule has 0 aromatic carbocycles. The van der Waals surface area contributed by atoms with E-state index in [1.807, 2.05) is 0 Å². The molecule has 2 N–H and O–H groups in total. The van der Waals surface area contributed by atoms with Crippen molar-refractivity contribution < 1.29 is 14.4 Å². The van der Waals surface area contributed by atoms with Gasteiger partial charge in [-0.05, 0) is 19.1 Å². The van der Waals surface area contributed by atoms with Gasteiger partial charge in [0, 0.05) is 11.8 Å². The van der Waals surface area contributed by atoms with Gasteiger partial charge in [0.2, 0.25) is 0 Å². The highest BCUT2D eigenvalue weighted by Crippen LogP contribution is 2.14. The van der Waals surface area contributed by atoms with Crippen LogP contribution < -0.4 is 5.32 Å². The Morgan fingerprint density at radius 2 is 2.29 bits per heavy atom. The molecule has 0 saturated carbocycles. The van der Waals surface area contributed by atoms with Gasteiger partial charge in [-0.1, -0.05) is 5.16 Å². The molecule has 0 amide bonds. The Morgan fingerprint density at radius 3 is 2.94 bits per heavy atom. The molecule has 0 bridgehead atoms. The summed E-state index contributed by atoms with van der Waals surface area (Å²) in [6.45, 7) is 2.17. The number of aromatic carboxylic acids is 1. The molecule has 88 valence electrons. The quantitative estimate of drug-likeness (QED) is 0.835. The molecule has 0 aliphatic heterocycles. The molecular formula is C11H11N3O3. The zero-order valence-electron chi connectivity index (χ0n) is 9.17. The second-order valence-electron chi connectivity index (χ2n) is 3.50. The number of carbonyl (C=O) groups is 1. The number of pyridine rings is 1. The zero-order chi connectivity index (χ0) is 12.3. The fourth-order valence-corrected chi connectivity index (χ4v) is 1.37. The molecule has 2 heterocycles. The van der Waals surface area contributed by atoms with E-state index in [1.54, 1.807) is 19.1 Å². The fourth-order valence-electron chi connectivity index (χ4n) is 1.37. The summed E-state index contributed by atoms with van der Waals surface area (Å²) in [7, 11) is 0. The molecule has 0 aliphatic rings. The Labute approximate surface area is 97.3 Å². The second-order valence-corrected chi connectivity index (χ2v) is 3.50. The Balaban J connectivity index is 2.19. The monoisotopic (exact) mass is 233 g/mol. The van der Waals surface area contributed by atoms with E-state index in [4.69, 9.17) is 5.11 Å². The van der Waals surface area contributed by atoms with Gasteiger partial charge in [-0.2, -0.15) is 0 Å². The van der Waals surface area contributed by atoms with Gasteiger partial charge in [-0.15, -0.1) is 0 Å². The summed E-state index contributed by atoms with van der Waals surface area (Å²) in [5, 5.41) is 15.6. The Morgan fingerprint density at radius 1 is 1.47 bits per heavy atom. The fraction of sp³-hybridized carbons (Fsp3) is 0.182. The maximum Gasteiger partial charge on any atom is 0.339 e. The summed E-state index contributed by atoms with van der Waals surface area (Å²) in [6.07, 6.45) is 1.46. The lowest BCUT2D eigenvalue weighted by Gasteiger charge is -2.07. The first kappa shape index (κ1) is 11.1. The summed E-state index contributed by atoms with van der Waals surface area (Å²) >= 11 is 0. The minimum Gasteiger partial charge on any atom is -0.478 e. The van der Waals surface area contributed by atoms with Crippen molar-refractivity contribution in [2.75, 3.05) is 5.32 Å². The average Bonchev–Trinajstić information content (AvgIpc) is 2.78. The standard InChI is InChI=1S/C11H11N3O3/c1-7-2-3-9(11(15)16)10(13-7)12-6-8-4-5-17-14-8/h2-5H,6H2,1H3,(H,12,13)(H,15,16). The van der Waals surface area contributed by atoms with E-state index >= 15 is 0 Å². The SMILES string of the molecule is Cc1ccc(C(=O)O)c(NCc2ccon2)n1. The molecule has 2 aromatic heterocycles. The van der Waals surface area contributed by atoms with Gasteiger partial charge in [-0.3, -0.25) is 0 Å². The number of hydrogen-bond acceptors (Lipinski definition) is 5.